The molecule has 0 heterocycles. The molecule has 2 atom stereocenters. The molecule has 0 fully saturated rings. The van der Waals surface area contributed by atoms with E-state index in [4.69, 9.17) is 9.84 Å². The zero-order chi connectivity index (χ0) is 19.1. The Morgan fingerprint density at radius 3 is 1.92 bits per heavy atom. The number of alkyl carbamates (subject to hydrolysis) is 1. The Labute approximate surface area is 144 Å². The van der Waals surface area contributed by atoms with Crippen LogP contribution in [0.5, 0.6) is 0 Å². The van der Waals surface area contributed by atoms with Gasteiger partial charge in [-0.05, 0) is 39.0 Å². The van der Waals surface area contributed by atoms with Crippen molar-refractivity contribution in [2.75, 3.05) is 0 Å². The summed E-state index contributed by atoms with van der Waals surface area (Å²) in [5, 5.41) is 14.4. The number of carbonyl (C=O) groups is 3. The van der Waals surface area contributed by atoms with Crippen molar-refractivity contribution in [2.24, 2.45) is 11.8 Å². The number of amides is 2. The van der Waals surface area contributed by atoms with Gasteiger partial charge < -0.3 is 20.5 Å². The number of carboxylic acid groups (broad SMARTS) is 1. The van der Waals surface area contributed by atoms with Crippen LogP contribution < -0.4 is 10.6 Å². The molecule has 0 rings (SSSR count). The monoisotopic (exact) mass is 344 g/mol. The van der Waals surface area contributed by atoms with Crippen LogP contribution in [0.1, 0.15) is 61.3 Å². The molecule has 0 aromatic rings. The lowest BCUT2D eigenvalue weighted by Crippen LogP contribution is -2.45. The molecule has 7 heteroatoms. The van der Waals surface area contributed by atoms with E-state index in [1.165, 1.54) is 0 Å². The van der Waals surface area contributed by atoms with Crippen LogP contribution in [0.4, 0.5) is 4.79 Å². The predicted octanol–water partition coefficient (Wildman–Crippen LogP) is 2.54. The van der Waals surface area contributed by atoms with Gasteiger partial charge in [0.1, 0.15) is 11.6 Å². The largest absolute Gasteiger partial charge is 0.480 e. The summed E-state index contributed by atoms with van der Waals surface area (Å²) >= 11 is 0. The Morgan fingerprint density at radius 2 is 1.54 bits per heavy atom. The van der Waals surface area contributed by atoms with Gasteiger partial charge in [0.2, 0.25) is 5.91 Å². The highest BCUT2D eigenvalue weighted by molar-refractivity contribution is 5.83. The molecule has 0 saturated heterocycles. The molecule has 0 unspecified atom stereocenters. The normalized spacial score (nSPS) is 14.2. The fraction of sp³-hybridized carbons (Fsp3) is 0.824. The molecule has 0 aromatic carbocycles. The fourth-order valence-corrected chi connectivity index (χ4v) is 2.08. The first-order valence-electron chi connectivity index (χ1n) is 8.35. The zero-order valence-corrected chi connectivity index (χ0v) is 15.8. The van der Waals surface area contributed by atoms with Crippen molar-refractivity contribution in [3.63, 3.8) is 0 Å². The molecule has 0 saturated carbocycles. The van der Waals surface area contributed by atoms with Gasteiger partial charge in [-0.25, -0.2) is 9.59 Å². The van der Waals surface area contributed by atoms with Crippen molar-refractivity contribution < 1.29 is 24.2 Å². The van der Waals surface area contributed by atoms with E-state index >= 15 is 0 Å². The van der Waals surface area contributed by atoms with Gasteiger partial charge >= 0.3 is 12.1 Å². The van der Waals surface area contributed by atoms with Crippen LogP contribution in [0.3, 0.4) is 0 Å². The van der Waals surface area contributed by atoms with Crippen molar-refractivity contribution >= 4 is 18.0 Å². The standard InChI is InChI=1S/C17H32N2O5/c1-10(2)12(18-16(23)24-17(5,6)7)8-9-13(20)19-14(11(3)4)15(21)22/h10-12,14H,8-9H2,1-7H3,(H,18,23)(H,19,20)(H,21,22)/t12-,14+/m1/s1. The van der Waals surface area contributed by atoms with E-state index in [2.05, 4.69) is 10.6 Å². The third-order valence-corrected chi connectivity index (χ3v) is 3.44. The Balaban J connectivity index is 4.56. The predicted molar refractivity (Wildman–Crippen MR) is 91.6 cm³/mol. The molecule has 2 amide bonds. The number of ether oxygens (including phenoxy) is 1. The van der Waals surface area contributed by atoms with Gasteiger partial charge in [0.05, 0.1) is 0 Å². The quantitative estimate of drug-likeness (QED) is 0.627. The molecule has 0 aliphatic carbocycles. The number of hydrogen-bond donors (Lipinski definition) is 3. The zero-order valence-electron chi connectivity index (χ0n) is 15.8. The van der Waals surface area contributed by atoms with Gasteiger partial charge in [0, 0.05) is 12.5 Å². The van der Waals surface area contributed by atoms with Crippen LogP contribution in [0.2, 0.25) is 0 Å². The topological polar surface area (TPSA) is 105 Å². The van der Waals surface area contributed by atoms with E-state index in [9.17, 15) is 14.4 Å². The highest BCUT2D eigenvalue weighted by Crippen LogP contribution is 2.12. The van der Waals surface area contributed by atoms with E-state index in [0.717, 1.165) is 0 Å². The van der Waals surface area contributed by atoms with Gasteiger partial charge in [0.15, 0.2) is 0 Å². The van der Waals surface area contributed by atoms with E-state index in [-0.39, 0.29) is 30.2 Å². The third-order valence-electron chi connectivity index (χ3n) is 3.44. The molecular weight excluding hydrogens is 312 g/mol. The first kappa shape index (κ1) is 22.2. The number of rotatable bonds is 8. The second-order valence-electron chi connectivity index (χ2n) is 7.66. The third kappa shape index (κ3) is 9.37. The summed E-state index contributed by atoms with van der Waals surface area (Å²) in [6.07, 6.45) is 0.0229. The highest BCUT2D eigenvalue weighted by atomic mass is 16.6. The number of carboxylic acids is 1. The van der Waals surface area contributed by atoms with Crippen molar-refractivity contribution in [3.05, 3.63) is 0 Å². The summed E-state index contributed by atoms with van der Waals surface area (Å²) in [7, 11) is 0. The lowest BCUT2D eigenvalue weighted by atomic mass is 9.98. The van der Waals surface area contributed by atoms with Gasteiger partial charge in [-0.1, -0.05) is 27.7 Å². The number of nitrogens with one attached hydrogen (secondary N) is 2. The summed E-state index contributed by atoms with van der Waals surface area (Å²) in [5.74, 6) is -1.48. The van der Waals surface area contributed by atoms with Crippen molar-refractivity contribution in [1.82, 2.24) is 10.6 Å². The summed E-state index contributed by atoms with van der Waals surface area (Å²) in [4.78, 5) is 35.0. The highest BCUT2D eigenvalue weighted by Gasteiger charge is 2.25. The minimum atomic E-state index is -1.05. The molecule has 24 heavy (non-hydrogen) atoms. The lowest BCUT2D eigenvalue weighted by molar-refractivity contribution is -0.143. The maximum Gasteiger partial charge on any atom is 0.407 e. The Hall–Kier alpha value is -1.79. The van der Waals surface area contributed by atoms with Crippen LogP contribution in [0.25, 0.3) is 0 Å². The van der Waals surface area contributed by atoms with Crippen LogP contribution in [-0.4, -0.2) is 40.8 Å². The second kappa shape index (κ2) is 9.49. The smallest absolute Gasteiger partial charge is 0.407 e. The molecule has 0 bridgehead atoms. The van der Waals surface area contributed by atoms with Gasteiger partial charge in [0.25, 0.3) is 0 Å². The molecule has 7 nitrogen and oxygen atoms in total. The van der Waals surface area contributed by atoms with Crippen LogP contribution >= 0.6 is 0 Å². The minimum absolute atomic E-state index is 0.116. The first-order chi connectivity index (χ1) is 10.8. The summed E-state index contributed by atoms with van der Waals surface area (Å²) in [6.45, 7) is 12.7. The average Bonchev–Trinajstić information content (AvgIpc) is 2.37. The lowest BCUT2D eigenvalue weighted by Gasteiger charge is -2.26. The van der Waals surface area contributed by atoms with Crippen molar-refractivity contribution in [1.29, 1.82) is 0 Å². The van der Waals surface area contributed by atoms with Crippen LogP contribution in [0, 0.1) is 11.8 Å². The molecule has 0 aliphatic heterocycles. The Kier molecular flexibility index (Phi) is 8.78. The number of hydrogen-bond acceptors (Lipinski definition) is 4. The van der Waals surface area contributed by atoms with E-state index in [0.29, 0.717) is 6.42 Å². The first-order valence-corrected chi connectivity index (χ1v) is 8.35. The van der Waals surface area contributed by atoms with E-state index in [1.807, 2.05) is 13.8 Å². The number of aliphatic carboxylic acids is 1. The fourth-order valence-electron chi connectivity index (χ4n) is 2.08. The minimum Gasteiger partial charge on any atom is -0.480 e. The number of carbonyl (C=O) groups excluding carboxylic acids is 2. The van der Waals surface area contributed by atoms with Crippen LogP contribution in [-0.2, 0) is 14.3 Å². The Bertz CT molecular complexity index is 441. The van der Waals surface area contributed by atoms with Gasteiger partial charge in [-0.2, -0.15) is 0 Å². The average molecular weight is 344 g/mol. The van der Waals surface area contributed by atoms with Crippen LogP contribution in [0.15, 0.2) is 0 Å². The maximum absolute atomic E-state index is 12.0. The summed E-state index contributed by atoms with van der Waals surface area (Å²) in [6, 6.07) is -1.14. The molecule has 0 aromatic heterocycles. The van der Waals surface area contributed by atoms with Gasteiger partial charge in [-0.15, -0.1) is 0 Å². The van der Waals surface area contributed by atoms with Gasteiger partial charge in [-0.3, -0.25) is 4.79 Å². The molecule has 0 radical (unpaired) electrons. The molecule has 0 spiro atoms. The van der Waals surface area contributed by atoms with E-state index < -0.39 is 23.7 Å². The molecule has 140 valence electrons. The summed E-state index contributed by atoms with van der Waals surface area (Å²) < 4.78 is 5.22. The van der Waals surface area contributed by atoms with Crippen molar-refractivity contribution in [3.8, 4) is 0 Å². The summed E-state index contributed by atoms with van der Waals surface area (Å²) in [5.41, 5.74) is -0.588. The van der Waals surface area contributed by atoms with Crippen molar-refractivity contribution in [2.45, 2.75) is 79.0 Å². The molecule has 3 N–H and O–H groups in total. The second-order valence-corrected chi connectivity index (χ2v) is 7.66. The molecular formula is C17H32N2O5. The van der Waals surface area contributed by atoms with E-state index in [1.54, 1.807) is 34.6 Å². The molecule has 0 aliphatic rings. The maximum atomic E-state index is 12.0. The Morgan fingerprint density at radius 1 is 1.00 bits per heavy atom. The SMILES string of the molecule is CC(C)[C@H](NC(=O)CC[C@@H](NC(=O)OC(C)(C)C)C(C)C)C(=O)O.